The van der Waals surface area contributed by atoms with Gasteiger partial charge in [0.05, 0.1) is 0 Å². The molecule has 0 fully saturated rings. The smallest absolute Gasteiger partial charge is 0.0406 e. The van der Waals surface area contributed by atoms with Crippen LogP contribution in [0.25, 0.3) is 11.6 Å². The van der Waals surface area contributed by atoms with Crippen molar-refractivity contribution in [3.8, 4) is 0 Å². The molecule has 0 saturated heterocycles. The Labute approximate surface area is 157 Å². The van der Waals surface area contributed by atoms with E-state index in [1.54, 1.807) is 0 Å². The van der Waals surface area contributed by atoms with Gasteiger partial charge in [-0.15, -0.1) is 0 Å². The van der Waals surface area contributed by atoms with Crippen LogP contribution in [0.1, 0.15) is 16.7 Å². The van der Waals surface area contributed by atoms with Crippen LogP contribution in [0.5, 0.6) is 0 Å². The average Bonchev–Trinajstić information content (AvgIpc) is 2.59. The molecule has 0 nitrogen and oxygen atoms in total. The summed E-state index contributed by atoms with van der Waals surface area (Å²) in [6, 6.07) is 23.7. The Kier molecular flexibility index (Phi) is 5.63. The number of benzene rings is 3. The first-order valence-corrected chi connectivity index (χ1v) is 8.70. The molecule has 3 aromatic carbocycles. The quantitative estimate of drug-likeness (QED) is 0.417. The summed E-state index contributed by atoms with van der Waals surface area (Å²) in [5.41, 5.74) is 4.66. The molecule has 3 aromatic rings. The summed E-state index contributed by atoms with van der Waals surface area (Å²) in [4.78, 5) is 0. The van der Waals surface area contributed by atoms with Crippen LogP contribution in [0.15, 0.2) is 72.8 Å². The van der Waals surface area contributed by atoms with Gasteiger partial charge in [0.2, 0.25) is 0 Å². The summed E-state index contributed by atoms with van der Waals surface area (Å²) in [6.07, 6.45) is 2.98. The van der Waals surface area contributed by atoms with Gasteiger partial charge in [-0.3, -0.25) is 0 Å². The third-order valence-corrected chi connectivity index (χ3v) is 4.49. The zero-order chi connectivity index (χ0) is 16.9. The van der Waals surface area contributed by atoms with Crippen molar-refractivity contribution in [2.24, 2.45) is 0 Å². The Hall–Kier alpha value is -1.73. The largest absolute Gasteiger partial charge is 0.0843 e. The number of hydrogen-bond acceptors (Lipinski definition) is 0. The van der Waals surface area contributed by atoms with E-state index in [4.69, 9.17) is 34.8 Å². The lowest BCUT2D eigenvalue weighted by atomic mass is 9.96. The molecular weight excluding hydrogens is 359 g/mol. The molecule has 0 saturated carbocycles. The highest BCUT2D eigenvalue weighted by atomic mass is 35.5. The first-order chi connectivity index (χ1) is 11.6. The van der Waals surface area contributed by atoms with Crippen LogP contribution < -0.4 is 0 Å². The van der Waals surface area contributed by atoms with E-state index in [-0.39, 0.29) is 0 Å². The van der Waals surface area contributed by atoms with E-state index in [2.05, 4.69) is 6.08 Å². The van der Waals surface area contributed by atoms with Gasteiger partial charge < -0.3 is 0 Å². The molecule has 0 bridgehead atoms. The highest BCUT2D eigenvalue weighted by molar-refractivity contribution is 6.31. The third kappa shape index (κ3) is 4.64. The highest BCUT2D eigenvalue weighted by Crippen LogP contribution is 2.25. The van der Waals surface area contributed by atoms with E-state index in [1.165, 1.54) is 11.1 Å². The van der Waals surface area contributed by atoms with Crippen LogP contribution in [-0.2, 0) is 6.42 Å². The van der Waals surface area contributed by atoms with Crippen LogP contribution in [0.2, 0.25) is 15.1 Å². The third-order valence-electron chi connectivity index (χ3n) is 3.73. The Morgan fingerprint density at radius 1 is 0.625 bits per heavy atom. The van der Waals surface area contributed by atoms with Gasteiger partial charge in [0.15, 0.2) is 0 Å². The van der Waals surface area contributed by atoms with E-state index in [0.29, 0.717) is 0 Å². The summed E-state index contributed by atoms with van der Waals surface area (Å²) >= 11 is 18.0. The Morgan fingerprint density at radius 2 is 1.08 bits per heavy atom. The second-order valence-corrected chi connectivity index (χ2v) is 6.84. The number of rotatable bonds is 4. The maximum absolute atomic E-state index is 6.02. The maximum Gasteiger partial charge on any atom is 0.0406 e. The molecule has 0 spiro atoms. The molecule has 0 radical (unpaired) electrons. The highest BCUT2D eigenvalue weighted by Gasteiger charge is 2.05. The van der Waals surface area contributed by atoms with E-state index in [9.17, 15) is 0 Å². The average molecular weight is 374 g/mol. The number of halogens is 3. The molecule has 0 aliphatic carbocycles. The van der Waals surface area contributed by atoms with E-state index in [1.807, 2.05) is 72.8 Å². The van der Waals surface area contributed by atoms with Crippen molar-refractivity contribution < 1.29 is 0 Å². The van der Waals surface area contributed by atoms with Gasteiger partial charge in [-0.1, -0.05) is 77.3 Å². The topological polar surface area (TPSA) is 0 Å². The number of hydrogen-bond donors (Lipinski definition) is 0. The van der Waals surface area contributed by atoms with Gasteiger partial charge in [0, 0.05) is 15.1 Å². The maximum atomic E-state index is 6.02. The normalized spacial score (nSPS) is 11.5. The Balaban J connectivity index is 1.97. The number of allylic oxidation sites excluding steroid dienone is 1. The standard InChI is InChI=1S/C21H15Cl3/c22-19-7-1-15(2-8-19)13-18(17-5-11-21(24)12-6-17)14-16-3-9-20(23)10-4-16/h1-13H,14H2/b18-13-. The fraction of sp³-hybridized carbons (Fsp3) is 0.0476. The molecule has 0 aromatic heterocycles. The SMILES string of the molecule is Clc1ccc(/C=C(/Cc2ccc(Cl)cc2)c2ccc(Cl)cc2)cc1. The molecule has 120 valence electrons. The van der Waals surface area contributed by atoms with Gasteiger partial charge in [0.1, 0.15) is 0 Å². The molecule has 0 atom stereocenters. The van der Waals surface area contributed by atoms with Crippen molar-refractivity contribution in [1.82, 2.24) is 0 Å². The zero-order valence-electron chi connectivity index (χ0n) is 12.8. The van der Waals surface area contributed by atoms with Gasteiger partial charge in [-0.25, -0.2) is 0 Å². The summed E-state index contributed by atoms with van der Waals surface area (Å²) < 4.78 is 0. The molecule has 0 heterocycles. The first-order valence-electron chi connectivity index (χ1n) is 7.57. The predicted octanol–water partition coefficient (Wildman–Crippen LogP) is 7.43. The van der Waals surface area contributed by atoms with Crippen molar-refractivity contribution in [1.29, 1.82) is 0 Å². The second kappa shape index (κ2) is 7.90. The first kappa shape index (κ1) is 17.1. The molecule has 0 aliphatic rings. The monoisotopic (exact) mass is 372 g/mol. The van der Waals surface area contributed by atoms with Gasteiger partial charge >= 0.3 is 0 Å². The summed E-state index contributed by atoms with van der Waals surface area (Å²) in [6.45, 7) is 0. The van der Waals surface area contributed by atoms with Crippen molar-refractivity contribution >= 4 is 46.5 Å². The minimum absolute atomic E-state index is 0.732. The fourth-order valence-electron chi connectivity index (χ4n) is 2.48. The Morgan fingerprint density at radius 3 is 1.62 bits per heavy atom. The molecule has 0 N–H and O–H groups in total. The van der Waals surface area contributed by atoms with E-state index in [0.717, 1.165) is 32.6 Å². The van der Waals surface area contributed by atoms with Crippen LogP contribution in [0, 0.1) is 0 Å². The van der Waals surface area contributed by atoms with Crippen LogP contribution in [0.4, 0.5) is 0 Å². The van der Waals surface area contributed by atoms with Gasteiger partial charge in [0.25, 0.3) is 0 Å². The van der Waals surface area contributed by atoms with Crippen LogP contribution >= 0.6 is 34.8 Å². The molecule has 24 heavy (non-hydrogen) atoms. The molecule has 3 heteroatoms. The predicted molar refractivity (Wildman–Crippen MR) is 106 cm³/mol. The van der Waals surface area contributed by atoms with Crippen LogP contribution in [0.3, 0.4) is 0 Å². The van der Waals surface area contributed by atoms with Gasteiger partial charge in [-0.05, 0) is 65.1 Å². The van der Waals surface area contributed by atoms with Crippen molar-refractivity contribution in [3.05, 3.63) is 105 Å². The molecule has 0 amide bonds. The lowest BCUT2D eigenvalue weighted by Gasteiger charge is -2.10. The minimum Gasteiger partial charge on any atom is -0.0843 e. The summed E-state index contributed by atoms with van der Waals surface area (Å²) in [5.74, 6) is 0. The second-order valence-electron chi connectivity index (χ2n) is 5.53. The summed E-state index contributed by atoms with van der Waals surface area (Å²) in [5, 5.41) is 2.21. The lowest BCUT2D eigenvalue weighted by Crippen LogP contribution is -1.91. The molecule has 0 unspecified atom stereocenters. The van der Waals surface area contributed by atoms with E-state index < -0.39 is 0 Å². The Bertz CT molecular complexity index is 830. The van der Waals surface area contributed by atoms with Crippen molar-refractivity contribution in [2.45, 2.75) is 6.42 Å². The van der Waals surface area contributed by atoms with E-state index >= 15 is 0 Å². The van der Waals surface area contributed by atoms with Crippen molar-refractivity contribution in [3.63, 3.8) is 0 Å². The fourth-order valence-corrected chi connectivity index (χ4v) is 2.86. The van der Waals surface area contributed by atoms with Gasteiger partial charge in [-0.2, -0.15) is 0 Å². The lowest BCUT2D eigenvalue weighted by molar-refractivity contribution is 1.29. The zero-order valence-corrected chi connectivity index (χ0v) is 15.1. The summed E-state index contributed by atoms with van der Waals surface area (Å²) in [7, 11) is 0. The molecular formula is C21H15Cl3. The van der Waals surface area contributed by atoms with Crippen molar-refractivity contribution in [2.75, 3.05) is 0 Å². The molecule has 3 rings (SSSR count). The minimum atomic E-state index is 0.732. The molecule has 0 aliphatic heterocycles. The van der Waals surface area contributed by atoms with Crippen LogP contribution in [-0.4, -0.2) is 0 Å².